The van der Waals surface area contributed by atoms with E-state index in [1.54, 1.807) is 0 Å². The second-order valence-electron chi connectivity index (χ2n) is 3.12. The van der Waals surface area contributed by atoms with Crippen molar-refractivity contribution >= 4 is 0 Å². The van der Waals surface area contributed by atoms with Gasteiger partial charge in [0, 0.05) is 6.54 Å². The molecule has 0 aliphatic carbocycles. The molecule has 0 aromatic heterocycles. The number of likely N-dealkylation sites (N-methyl/N-ethyl adjacent to an activating group) is 1. The Labute approximate surface area is 70.9 Å². The number of rotatable bonds is 5. The van der Waals surface area contributed by atoms with Crippen LogP contribution in [0.5, 0.6) is 0 Å². The molecule has 66 valence electrons. The molecule has 0 aromatic rings. The van der Waals surface area contributed by atoms with Crippen molar-refractivity contribution in [3.05, 3.63) is 11.6 Å². The van der Waals surface area contributed by atoms with E-state index in [1.165, 1.54) is 18.4 Å². The normalized spacial score (nSPS) is 12.6. The van der Waals surface area contributed by atoms with Crippen LogP contribution in [0.1, 0.15) is 33.6 Å². The van der Waals surface area contributed by atoms with Gasteiger partial charge in [-0.25, -0.2) is 0 Å². The minimum absolute atomic E-state index is 0.781. The number of nitrogens with one attached hydrogen (secondary N) is 1. The van der Waals surface area contributed by atoms with Crippen LogP contribution in [0.4, 0.5) is 0 Å². The SMILES string of the molecule is CCC(C=C(C)CNC)CC. The van der Waals surface area contributed by atoms with Crippen LogP contribution in [0, 0.1) is 5.92 Å². The minimum atomic E-state index is 0.781. The summed E-state index contributed by atoms with van der Waals surface area (Å²) in [5, 5.41) is 3.15. The van der Waals surface area contributed by atoms with Gasteiger partial charge in [0.05, 0.1) is 0 Å². The highest BCUT2D eigenvalue weighted by atomic mass is 14.8. The Morgan fingerprint density at radius 3 is 2.27 bits per heavy atom. The lowest BCUT2D eigenvalue weighted by molar-refractivity contribution is 0.599. The average Bonchev–Trinajstić information content (AvgIpc) is 2.01. The van der Waals surface area contributed by atoms with Crippen LogP contribution in [-0.2, 0) is 0 Å². The molecule has 0 rings (SSSR count). The predicted molar refractivity (Wildman–Crippen MR) is 51.8 cm³/mol. The maximum atomic E-state index is 3.15. The zero-order valence-corrected chi connectivity index (χ0v) is 8.28. The van der Waals surface area contributed by atoms with E-state index in [1.807, 2.05) is 7.05 Å². The maximum Gasteiger partial charge on any atom is 0.0158 e. The van der Waals surface area contributed by atoms with Crippen LogP contribution in [0.3, 0.4) is 0 Å². The van der Waals surface area contributed by atoms with E-state index >= 15 is 0 Å². The topological polar surface area (TPSA) is 12.0 Å². The third-order valence-corrected chi connectivity index (χ3v) is 2.02. The molecular formula is C10H21N. The molecule has 0 bridgehead atoms. The first kappa shape index (κ1) is 10.7. The van der Waals surface area contributed by atoms with Crippen molar-refractivity contribution in [3.8, 4) is 0 Å². The molecule has 0 amide bonds. The lowest BCUT2D eigenvalue weighted by Gasteiger charge is -2.08. The lowest BCUT2D eigenvalue weighted by Crippen LogP contribution is -2.09. The van der Waals surface area contributed by atoms with Crippen molar-refractivity contribution in [1.82, 2.24) is 5.32 Å². The second kappa shape index (κ2) is 6.41. The standard InChI is InChI=1S/C10H21N/c1-5-10(6-2)7-9(3)8-11-4/h7,10-11H,5-6,8H2,1-4H3. The molecule has 0 spiro atoms. The number of hydrogen-bond acceptors (Lipinski definition) is 1. The van der Waals surface area contributed by atoms with Gasteiger partial charge in [-0.15, -0.1) is 0 Å². The fourth-order valence-corrected chi connectivity index (χ4v) is 1.26. The Bertz CT molecular complexity index is 112. The highest BCUT2D eigenvalue weighted by molar-refractivity contribution is 5.02. The fourth-order valence-electron chi connectivity index (χ4n) is 1.26. The van der Waals surface area contributed by atoms with Gasteiger partial charge in [0.15, 0.2) is 0 Å². The molecule has 0 aliphatic heterocycles. The van der Waals surface area contributed by atoms with Crippen molar-refractivity contribution in [3.63, 3.8) is 0 Å². The molecule has 0 atom stereocenters. The van der Waals surface area contributed by atoms with Crippen molar-refractivity contribution in [2.24, 2.45) is 5.92 Å². The molecular weight excluding hydrogens is 134 g/mol. The molecule has 0 fully saturated rings. The summed E-state index contributed by atoms with van der Waals surface area (Å²) in [5.74, 6) is 0.781. The Hall–Kier alpha value is -0.300. The third-order valence-electron chi connectivity index (χ3n) is 2.02. The van der Waals surface area contributed by atoms with E-state index in [-0.39, 0.29) is 0 Å². The summed E-state index contributed by atoms with van der Waals surface area (Å²) < 4.78 is 0. The predicted octanol–water partition coefficient (Wildman–Crippen LogP) is 2.59. The molecule has 1 nitrogen and oxygen atoms in total. The highest BCUT2D eigenvalue weighted by Gasteiger charge is 1.98. The molecule has 0 saturated heterocycles. The molecule has 11 heavy (non-hydrogen) atoms. The van der Waals surface area contributed by atoms with Crippen LogP contribution in [0.25, 0.3) is 0 Å². The van der Waals surface area contributed by atoms with Crippen LogP contribution in [0.2, 0.25) is 0 Å². The summed E-state index contributed by atoms with van der Waals surface area (Å²) in [7, 11) is 1.99. The van der Waals surface area contributed by atoms with Crippen LogP contribution >= 0.6 is 0 Å². The number of allylic oxidation sites excluding steroid dienone is 1. The molecule has 0 unspecified atom stereocenters. The van der Waals surface area contributed by atoms with Gasteiger partial charge in [-0.1, -0.05) is 25.5 Å². The monoisotopic (exact) mass is 155 g/mol. The molecule has 0 aliphatic rings. The summed E-state index contributed by atoms with van der Waals surface area (Å²) in [6.45, 7) is 7.71. The summed E-state index contributed by atoms with van der Waals surface area (Å²) in [6.07, 6.45) is 4.91. The third kappa shape index (κ3) is 5.02. The first-order valence-electron chi connectivity index (χ1n) is 4.56. The van der Waals surface area contributed by atoms with Crippen molar-refractivity contribution in [1.29, 1.82) is 0 Å². The molecule has 1 heteroatoms. The Balaban J connectivity index is 3.81. The molecule has 0 aromatic carbocycles. The summed E-state index contributed by atoms with van der Waals surface area (Å²) in [6, 6.07) is 0. The van der Waals surface area contributed by atoms with Gasteiger partial charge < -0.3 is 5.32 Å². The van der Waals surface area contributed by atoms with Gasteiger partial charge in [-0.2, -0.15) is 0 Å². The van der Waals surface area contributed by atoms with Crippen molar-refractivity contribution in [2.45, 2.75) is 33.6 Å². The molecule has 0 saturated carbocycles. The average molecular weight is 155 g/mol. The Morgan fingerprint density at radius 1 is 1.36 bits per heavy atom. The minimum Gasteiger partial charge on any atom is -0.316 e. The van der Waals surface area contributed by atoms with E-state index in [4.69, 9.17) is 0 Å². The van der Waals surface area contributed by atoms with E-state index in [0.29, 0.717) is 0 Å². The smallest absolute Gasteiger partial charge is 0.0158 e. The number of hydrogen-bond donors (Lipinski definition) is 1. The largest absolute Gasteiger partial charge is 0.316 e. The van der Waals surface area contributed by atoms with Gasteiger partial charge in [0.25, 0.3) is 0 Å². The lowest BCUT2D eigenvalue weighted by atomic mass is 10.0. The first-order valence-corrected chi connectivity index (χ1v) is 4.56. The quantitative estimate of drug-likeness (QED) is 0.602. The summed E-state index contributed by atoms with van der Waals surface area (Å²) in [5.41, 5.74) is 1.46. The van der Waals surface area contributed by atoms with Gasteiger partial charge in [-0.3, -0.25) is 0 Å². The van der Waals surface area contributed by atoms with E-state index in [9.17, 15) is 0 Å². The Kier molecular flexibility index (Phi) is 6.24. The maximum absolute atomic E-state index is 3.15. The second-order valence-corrected chi connectivity index (χ2v) is 3.12. The van der Waals surface area contributed by atoms with Gasteiger partial charge in [-0.05, 0) is 32.7 Å². The Morgan fingerprint density at radius 2 is 1.91 bits per heavy atom. The molecule has 0 heterocycles. The molecule has 0 radical (unpaired) electrons. The zero-order chi connectivity index (χ0) is 8.69. The van der Waals surface area contributed by atoms with Gasteiger partial charge in [0.2, 0.25) is 0 Å². The van der Waals surface area contributed by atoms with Crippen LogP contribution in [-0.4, -0.2) is 13.6 Å². The van der Waals surface area contributed by atoms with Gasteiger partial charge in [0.1, 0.15) is 0 Å². The first-order chi connectivity index (χ1) is 5.24. The van der Waals surface area contributed by atoms with Crippen molar-refractivity contribution in [2.75, 3.05) is 13.6 Å². The van der Waals surface area contributed by atoms with Crippen LogP contribution < -0.4 is 5.32 Å². The fraction of sp³-hybridized carbons (Fsp3) is 0.800. The van der Waals surface area contributed by atoms with Crippen molar-refractivity contribution < 1.29 is 0 Å². The van der Waals surface area contributed by atoms with E-state index < -0.39 is 0 Å². The van der Waals surface area contributed by atoms with E-state index in [2.05, 4.69) is 32.2 Å². The zero-order valence-electron chi connectivity index (χ0n) is 8.28. The van der Waals surface area contributed by atoms with Gasteiger partial charge >= 0.3 is 0 Å². The summed E-state index contributed by atoms with van der Waals surface area (Å²) in [4.78, 5) is 0. The van der Waals surface area contributed by atoms with Crippen LogP contribution in [0.15, 0.2) is 11.6 Å². The van der Waals surface area contributed by atoms with E-state index in [0.717, 1.165) is 12.5 Å². The highest BCUT2D eigenvalue weighted by Crippen LogP contribution is 2.11. The molecule has 1 N–H and O–H groups in total. The summed E-state index contributed by atoms with van der Waals surface area (Å²) >= 11 is 0.